The molecule has 0 bridgehead atoms. The highest BCUT2D eigenvalue weighted by molar-refractivity contribution is 14.0. The molecule has 7 nitrogen and oxygen atoms in total. The number of carbonyl (C=O) groups excluding carboxylic acids is 2. The number of hydrogen-bond acceptors (Lipinski definition) is 4. The van der Waals surface area contributed by atoms with Crippen LogP contribution in [0.1, 0.15) is 27.2 Å². The van der Waals surface area contributed by atoms with E-state index in [0.29, 0.717) is 18.9 Å². The van der Waals surface area contributed by atoms with Crippen molar-refractivity contribution in [3.8, 4) is 0 Å². The Hall–Kier alpha value is -1.84. The van der Waals surface area contributed by atoms with E-state index in [0.717, 1.165) is 5.69 Å². The van der Waals surface area contributed by atoms with Gasteiger partial charge in [0.15, 0.2) is 5.96 Å². The lowest BCUT2D eigenvalue weighted by Crippen LogP contribution is -2.46. The molecule has 1 aromatic rings. The van der Waals surface area contributed by atoms with Gasteiger partial charge in [-0.25, -0.2) is 0 Å². The first-order valence-electron chi connectivity index (χ1n) is 8.33. The van der Waals surface area contributed by atoms with Crippen LogP contribution in [0.5, 0.6) is 0 Å². The maximum atomic E-state index is 12.2. The normalized spacial score (nSPS) is 17.5. The highest BCUT2D eigenvalue weighted by Gasteiger charge is 2.31. The van der Waals surface area contributed by atoms with Gasteiger partial charge in [0.2, 0.25) is 5.91 Å². The molecule has 8 heteroatoms. The van der Waals surface area contributed by atoms with Crippen molar-refractivity contribution >= 4 is 47.5 Å². The Morgan fingerprint density at radius 1 is 1.31 bits per heavy atom. The van der Waals surface area contributed by atoms with Crippen LogP contribution in [0.3, 0.4) is 0 Å². The topological polar surface area (TPSA) is 83.0 Å². The van der Waals surface area contributed by atoms with Crippen LogP contribution in [-0.4, -0.2) is 49.6 Å². The van der Waals surface area contributed by atoms with E-state index in [1.807, 2.05) is 51.1 Å². The number of nitrogens with zero attached hydrogens (tertiary/aromatic N) is 2. The van der Waals surface area contributed by atoms with E-state index in [9.17, 15) is 9.59 Å². The summed E-state index contributed by atoms with van der Waals surface area (Å²) in [5.74, 6) is 0.175. The van der Waals surface area contributed by atoms with Crippen LogP contribution in [0.25, 0.3) is 0 Å². The zero-order valence-electron chi connectivity index (χ0n) is 15.6. The second-order valence-electron chi connectivity index (χ2n) is 6.90. The number of carbonyl (C=O) groups is 2. The van der Waals surface area contributed by atoms with Gasteiger partial charge in [-0.3, -0.25) is 14.6 Å². The largest absolute Gasteiger partial charge is 0.459 e. The molecule has 0 aliphatic carbocycles. The number of rotatable bonds is 4. The number of benzene rings is 1. The Bertz CT molecular complexity index is 644. The molecule has 0 aromatic heterocycles. The second-order valence-corrected chi connectivity index (χ2v) is 6.90. The highest BCUT2D eigenvalue weighted by Crippen LogP contribution is 2.20. The number of aliphatic imine (C=N–C) groups is 1. The molecule has 0 saturated carbocycles. The molecule has 0 spiro atoms. The Kier molecular flexibility index (Phi) is 8.32. The minimum atomic E-state index is -0.524. The molecule has 1 fully saturated rings. The van der Waals surface area contributed by atoms with Crippen molar-refractivity contribution in [1.29, 1.82) is 0 Å². The van der Waals surface area contributed by atoms with Crippen LogP contribution in [0, 0.1) is 0 Å². The lowest BCUT2D eigenvalue weighted by molar-refractivity contribution is -0.153. The molecule has 26 heavy (non-hydrogen) atoms. The number of halogens is 1. The number of nitrogens with one attached hydrogen (secondary N) is 2. The van der Waals surface area contributed by atoms with Gasteiger partial charge in [-0.2, -0.15) is 0 Å². The van der Waals surface area contributed by atoms with Crippen molar-refractivity contribution in [3.63, 3.8) is 0 Å². The van der Waals surface area contributed by atoms with Crippen molar-refractivity contribution in [2.24, 2.45) is 4.99 Å². The molecular formula is C18H27IN4O3. The average Bonchev–Trinajstić information content (AvgIpc) is 2.91. The summed E-state index contributed by atoms with van der Waals surface area (Å²) in [4.78, 5) is 29.9. The Morgan fingerprint density at radius 3 is 2.54 bits per heavy atom. The van der Waals surface area contributed by atoms with Gasteiger partial charge < -0.3 is 20.3 Å². The number of ether oxygens (including phenoxy) is 1. The predicted octanol–water partition coefficient (Wildman–Crippen LogP) is 1.92. The van der Waals surface area contributed by atoms with Crippen molar-refractivity contribution in [3.05, 3.63) is 30.3 Å². The minimum Gasteiger partial charge on any atom is -0.459 e. The first-order chi connectivity index (χ1) is 11.8. The molecule has 0 radical (unpaired) electrons. The number of esters is 1. The minimum absolute atomic E-state index is 0. The van der Waals surface area contributed by atoms with Gasteiger partial charge in [0.1, 0.15) is 12.1 Å². The van der Waals surface area contributed by atoms with Crippen LogP contribution in [-0.2, 0) is 14.3 Å². The smallest absolute Gasteiger partial charge is 0.325 e. The average molecular weight is 474 g/mol. The van der Waals surface area contributed by atoms with Crippen LogP contribution >= 0.6 is 24.0 Å². The van der Waals surface area contributed by atoms with Gasteiger partial charge in [-0.1, -0.05) is 18.2 Å². The summed E-state index contributed by atoms with van der Waals surface area (Å²) in [5.41, 5.74) is 0.359. The SMILES string of the molecule is CN=C(NCC(=O)OC(C)(C)C)NC1CC(=O)N(c2ccccc2)C1.I. The van der Waals surface area contributed by atoms with Crippen LogP contribution < -0.4 is 15.5 Å². The molecule has 1 heterocycles. The molecule has 2 rings (SSSR count). The first kappa shape index (κ1) is 22.2. The third kappa shape index (κ3) is 6.81. The second kappa shape index (κ2) is 9.75. The molecule has 2 N–H and O–H groups in total. The quantitative estimate of drug-likeness (QED) is 0.302. The van der Waals surface area contributed by atoms with E-state index < -0.39 is 5.60 Å². The summed E-state index contributed by atoms with van der Waals surface area (Å²) in [6, 6.07) is 9.49. The maximum Gasteiger partial charge on any atom is 0.325 e. The van der Waals surface area contributed by atoms with Gasteiger partial charge in [-0.05, 0) is 32.9 Å². The van der Waals surface area contributed by atoms with Crippen LogP contribution in [0.4, 0.5) is 5.69 Å². The third-order valence-electron chi connectivity index (χ3n) is 3.58. The zero-order valence-corrected chi connectivity index (χ0v) is 17.9. The lowest BCUT2D eigenvalue weighted by atomic mass is 10.2. The van der Waals surface area contributed by atoms with E-state index in [-0.39, 0.29) is 48.4 Å². The molecular weight excluding hydrogens is 447 g/mol. The van der Waals surface area contributed by atoms with Crippen molar-refractivity contribution in [1.82, 2.24) is 10.6 Å². The first-order valence-corrected chi connectivity index (χ1v) is 8.33. The summed E-state index contributed by atoms with van der Waals surface area (Å²) in [7, 11) is 1.62. The molecule has 1 aliphatic heterocycles. The third-order valence-corrected chi connectivity index (χ3v) is 3.58. The summed E-state index contributed by atoms with van der Waals surface area (Å²) in [6.45, 7) is 6.02. The Labute approximate surface area is 171 Å². The maximum absolute atomic E-state index is 12.2. The van der Waals surface area contributed by atoms with E-state index in [1.165, 1.54) is 0 Å². The van der Waals surface area contributed by atoms with Gasteiger partial charge in [0.25, 0.3) is 0 Å². The van der Waals surface area contributed by atoms with Crippen molar-refractivity contribution < 1.29 is 14.3 Å². The summed E-state index contributed by atoms with van der Waals surface area (Å²) >= 11 is 0. The summed E-state index contributed by atoms with van der Waals surface area (Å²) in [5, 5.41) is 6.11. The van der Waals surface area contributed by atoms with Crippen LogP contribution in [0.2, 0.25) is 0 Å². The van der Waals surface area contributed by atoms with Crippen molar-refractivity contribution in [2.45, 2.75) is 38.8 Å². The van der Waals surface area contributed by atoms with E-state index >= 15 is 0 Å². The molecule has 1 atom stereocenters. The fourth-order valence-electron chi connectivity index (χ4n) is 2.58. The number of anilines is 1. The fraction of sp³-hybridized carbons (Fsp3) is 0.500. The molecule has 1 amide bonds. The summed E-state index contributed by atoms with van der Waals surface area (Å²) < 4.78 is 5.25. The van der Waals surface area contributed by atoms with Gasteiger partial charge in [0.05, 0.1) is 6.04 Å². The molecule has 1 aliphatic rings. The Balaban J connectivity index is 0.00000338. The number of guanidine groups is 1. The number of amides is 1. The predicted molar refractivity (Wildman–Crippen MR) is 113 cm³/mol. The molecule has 1 saturated heterocycles. The lowest BCUT2D eigenvalue weighted by Gasteiger charge is -2.21. The molecule has 1 aromatic carbocycles. The Morgan fingerprint density at radius 2 is 1.96 bits per heavy atom. The monoisotopic (exact) mass is 474 g/mol. The molecule has 1 unspecified atom stereocenters. The van der Waals surface area contributed by atoms with E-state index in [4.69, 9.17) is 4.74 Å². The van der Waals surface area contributed by atoms with E-state index in [2.05, 4.69) is 15.6 Å². The standard InChI is InChI=1S/C18H26N4O3.HI/c1-18(2,3)25-16(24)11-20-17(19-4)21-13-10-15(23)22(12-13)14-8-6-5-7-9-14;/h5-9,13H,10-12H2,1-4H3,(H2,19,20,21);1H. The zero-order chi connectivity index (χ0) is 18.4. The van der Waals surface area contributed by atoms with Gasteiger partial charge in [-0.15, -0.1) is 24.0 Å². The number of para-hydroxylation sites is 1. The van der Waals surface area contributed by atoms with Gasteiger partial charge in [0, 0.05) is 25.7 Å². The van der Waals surface area contributed by atoms with Crippen molar-refractivity contribution in [2.75, 3.05) is 25.0 Å². The molecule has 144 valence electrons. The van der Waals surface area contributed by atoms with Crippen LogP contribution in [0.15, 0.2) is 35.3 Å². The fourth-order valence-corrected chi connectivity index (χ4v) is 2.58. The highest BCUT2D eigenvalue weighted by atomic mass is 127. The summed E-state index contributed by atoms with van der Waals surface area (Å²) in [6.07, 6.45) is 0.377. The van der Waals surface area contributed by atoms with Gasteiger partial charge >= 0.3 is 5.97 Å². The van der Waals surface area contributed by atoms with E-state index in [1.54, 1.807) is 11.9 Å². The number of hydrogen-bond donors (Lipinski definition) is 2.